The van der Waals surface area contributed by atoms with Gasteiger partial charge in [-0.05, 0) is 26.0 Å². The molecule has 2 unspecified atom stereocenters. The molecule has 0 aliphatic carbocycles. The summed E-state index contributed by atoms with van der Waals surface area (Å²) in [6.07, 6.45) is 0. The first kappa shape index (κ1) is 15.9. The fraction of sp³-hybridized carbons (Fsp3) is 0.562. The standard InChI is InChI=1S/C16H26N4O/c1-13(12-17)19-8-10-20(11-9-19)14(2)16(21)18-15-6-4-3-5-7-15/h3-7,13-14H,8-12,17H2,1-2H3,(H,18,21). The molecule has 1 aliphatic rings. The van der Waals surface area contributed by atoms with E-state index in [-0.39, 0.29) is 11.9 Å². The van der Waals surface area contributed by atoms with Gasteiger partial charge < -0.3 is 11.1 Å². The van der Waals surface area contributed by atoms with Crippen LogP contribution in [0.25, 0.3) is 0 Å². The van der Waals surface area contributed by atoms with Gasteiger partial charge in [-0.15, -0.1) is 0 Å². The van der Waals surface area contributed by atoms with Crippen LogP contribution in [0.1, 0.15) is 13.8 Å². The largest absolute Gasteiger partial charge is 0.329 e. The average Bonchev–Trinajstić information content (AvgIpc) is 2.54. The van der Waals surface area contributed by atoms with Crippen LogP contribution in [0.2, 0.25) is 0 Å². The SMILES string of the molecule is CC(CN)N1CCN(C(C)C(=O)Nc2ccccc2)CC1. The Morgan fingerprint density at radius 1 is 1.14 bits per heavy atom. The van der Waals surface area contributed by atoms with E-state index in [1.165, 1.54) is 0 Å². The summed E-state index contributed by atoms with van der Waals surface area (Å²) in [5.41, 5.74) is 6.56. The number of anilines is 1. The zero-order valence-corrected chi connectivity index (χ0v) is 13.0. The van der Waals surface area contributed by atoms with E-state index >= 15 is 0 Å². The molecule has 1 aromatic rings. The third kappa shape index (κ3) is 4.27. The highest BCUT2D eigenvalue weighted by molar-refractivity contribution is 5.94. The van der Waals surface area contributed by atoms with E-state index in [4.69, 9.17) is 5.73 Å². The highest BCUT2D eigenvalue weighted by atomic mass is 16.2. The van der Waals surface area contributed by atoms with E-state index in [1.807, 2.05) is 37.3 Å². The van der Waals surface area contributed by atoms with Crippen LogP contribution in [-0.4, -0.2) is 60.5 Å². The highest BCUT2D eigenvalue weighted by Crippen LogP contribution is 2.11. The van der Waals surface area contributed by atoms with Crippen molar-refractivity contribution >= 4 is 11.6 Å². The van der Waals surface area contributed by atoms with E-state index < -0.39 is 0 Å². The van der Waals surface area contributed by atoms with E-state index in [9.17, 15) is 4.79 Å². The summed E-state index contributed by atoms with van der Waals surface area (Å²) in [4.78, 5) is 16.9. The molecule has 1 amide bonds. The first-order valence-electron chi connectivity index (χ1n) is 7.66. The monoisotopic (exact) mass is 290 g/mol. The van der Waals surface area contributed by atoms with Crippen molar-refractivity contribution in [2.24, 2.45) is 5.73 Å². The number of nitrogens with zero attached hydrogens (tertiary/aromatic N) is 2. The minimum atomic E-state index is -0.111. The van der Waals surface area contributed by atoms with Gasteiger partial charge in [-0.1, -0.05) is 18.2 Å². The molecule has 0 saturated carbocycles. The summed E-state index contributed by atoms with van der Waals surface area (Å²) >= 11 is 0. The second-order valence-electron chi connectivity index (χ2n) is 5.69. The van der Waals surface area contributed by atoms with Gasteiger partial charge >= 0.3 is 0 Å². The summed E-state index contributed by atoms with van der Waals surface area (Å²) in [6.45, 7) is 8.58. The Hall–Kier alpha value is -1.43. The summed E-state index contributed by atoms with van der Waals surface area (Å²) in [5, 5.41) is 2.97. The molecule has 3 N–H and O–H groups in total. The molecule has 0 spiro atoms. The molecular formula is C16H26N4O. The maximum atomic E-state index is 12.3. The zero-order valence-electron chi connectivity index (χ0n) is 13.0. The lowest BCUT2D eigenvalue weighted by molar-refractivity contribution is -0.121. The Morgan fingerprint density at radius 2 is 1.71 bits per heavy atom. The molecule has 2 atom stereocenters. The van der Waals surface area contributed by atoms with E-state index in [0.29, 0.717) is 12.6 Å². The van der Waals surface area contributed by atoms with Crippen molar-refractivity contribution in [2.75, 3.05) is 38.0 Å². The Morgan fingerprint density at radius 3 is 2.29 bits per heavy atom. The lowest BCUT2D eigenvalue weighted by atomic mass is 10.1. The van der Waals surface area contributed by atoms with Gasteiger partial charge in [0.25, 0.3) is 0 Å². The van der Waals surface area contributed by atoms with Crippen LogP contribution in [0.4, 0.5) is 5.69 Å². The van der Waals surface area contributed by atoms with E-state index in [2.05, 4.69) is 22.0 Å². The summed E-state index contributed by atoms with van der Waals surface area (Å²) in [6, 6.07) is 9.91. The maximum absolute atomic E-state index is 12.3. The number of piperazine rings is 1. The Balaban J connectivity index is 1.84. The van der Waals surface area contributed by atoms with Gasteiger partial charge in [0.15, 0.2) is 0 Å². The number of nitrogens with two attached hydrogens (primary N) is 1. The molecule has 1 aliphatic heterocycles. The number of hydrogen-bond donors (Lipinski definition) is 2. The summed E-state index contributed by atoms with van der Waals surface area (Å²) in [5.74, 6) is 0.0570. The van der Waals surface area contributed by atoms with Crippen molar-refractivity contribution in [3.05, 3.63) is 30.3 Å². The fourth-order valence-corrected chi connectivity index (χ4v) is 2.65. The lowest BCUT2D eigenvalue weighted by Gasteiger charge is -2.39. The van der Waals surface area contributed by atoms with Gasteiger partial charge in [0.2, 0.25) is 5.91 Å². The van der Waals surface area contributed by atoms with Gasteiger partial charge in [-0.3, -0.25) is 14.6 Å². The Bertz CT molecular complexity index is 443. The second-order valence-corrected chi connectivity index (χ2v) is 5.69. The van der Waals surface area contributed by atoms with Gasteiger partial charge in [-0.25, -0.2) is 0 Å². The van der Waals surface area contributed by atoms with Gasteiger partial charge in [0.05, 0.1) is 6.04 Å². The lowest BCUT2D eigenvalue weighted by Crippen LogP contribution is -2.55. The molecule has 0 aromatic heterocycles. The number of benzene rings is 1. The number of carbonyl (C=O) groups excluding carboxylic acids is 1. The normalized spacial score (nSPS) is 20.0. The first-order chi connectivity index (χ1) is 10.1. The molecule has 2 rings (SSSR count). The number of para-hydroxylation sites is 1. The van der Waals surface area contributed by atoms with Crippen LogP contribution in [-0.2, 0) is 4.79 Å². The molecule has 1 heterocycles. The van der Waals surface area contributed by atoms with Gasteiger partial charge in [0.1, 0.15) is 0 Å². The first-order valence-corrected chi connectivity index (χ1v) is 7.66. The van der Waals surface area contributed by atoms with Crippen LogP contribution in [0.3, 0.4) is 0 Å². The predicted octanol–water partition coefficient (Wildman–Crippen LogP) is 0.978. The van der Waals surface area contributed by atoms with Crippen molar-refractivity contribution in [2.45, 2.75) is 25.9 Å². The van der Waals surface area contributed by atoms with Crippen molar-refractivity contribution in [1.82, 2.24) is 9.80 Å². The topological polar surface area (TPSA) is 61.6 Å². The molecule has 21 heavy (non-hydrogen) atoms. The minimum absolute atomic E-state index is 0.0570. The molecule has 5 heteroatoms. The predicted molar refractivity (Wildman–Crippen MR) is 86.2 cm³/mol. The maximum Gasteiger partial charge on any atom is 0.241 e. The molecule has 116 valence electrons. The molecule has 0 radical (unpaired) electrons. The number of carbonyl (C=O) groups is 1. The third-order valence-corrected chi connectivity index (χ3v) is 4.28. The third-order valence-electron chi connectivity index (χ3n) is 4.28. The van der Waals surface area contributed by atoms with Crippen LogP contribution in [0.15, 0.2) is 30.3 Å². The van der Waals surface area contributed by atoms with Gasteiger partial charge in [0, 0.05) is 44.5 Å². The van der Waals surface area contributed by atoms with E-state index in [0.717, 1.165) is 31.9 Å². The number of hydrogen-bond acceptors (Lipinski definition) is 4. The fourth-order valence-electron chi connectivity index (χ4n) is 2.65. The van der Waals surface area contributed by atoms with Crippen LogP contribution >= 0.6 is 0 Å². The van der Waals surface area contributed by atoms with E-state index in [1.54, 1.807) is 0 Å². The highest BCUT2D eigenvalue weighted by Gasteiger charge is 2.26. The second kappa shape index (κ2) is 7.54. The quantitative estimate of drug-likeness (QED) is 0.848. The smallest absolute Gasteiger partial charge is 0.241 e. The molecule has 1 saturated heterocycles. The number of nitrogens with one attached hydrogen (secondary N) is 1. The van der Waals surface area contributed by atoms with Gasteiger partial charge in [-0.2, -0.15) is 0 Å². The van der Waals surface area contributed by atoms with Crippen molar-refractivity contribution < 1.29 is 4.79 Å². The molecule has 1 aromatic carbocycles. The zero-order chi connectivity index (χ0) is 15.2. The molecule has 0 bridgehead atoms. The Kier molecular flexibility index (Phi) is 5.73. The number of amides is 1. The molecular weight excluding hydrogens is 264 g/mol. The molecule has 5 nitrogen and oxygen atoms in total. The van der Waals surface area contributed by atoms with Crippen molar-refractivity contribution in [3.63, 3.8) is 0 Å². The van der Waals surface area contributed by atoms with Crippen LogP contribution in [0, 0.1) is 0 Å². The van der Waals surface area contributed by atoms with Crippen molar-refractivity contribution in [3.8, 4) is 0 Å². The summed E-state index contributed by atoms with van der Waals surface area (Å²) in [7, 11) is 0. The Labute approximate surface area is 127 Å². The minimum Gasteiger partial charge on any atom is -0.329 e. The number of rotatable bonds is 5. The van der Waals surface area contributed by atoms with Crippen LogP contribution < -0.4 is 11.1 Å². The molecule has 1 fully saturated rings. The summed E-state index contributed by atoms with van der Waals surface area (Å²) < 4.78 is 0. The average molecular weight is 290 g/mol. The van der Waals surface area contributed by atoms with Crippen LogP contribution in [0.5, 0.6) is 0 Å². The van der Waals surface area contributed by atoms with Crippen molar-refractivity contribution in [1.29, 1.82) is 0 Å².